The van der Waals surface area contributed by atoms with E-state index in [0.29, 0.717) is 5.76 Å². The fourth-order valence-corrected chi connectivity index (χ4v) is 1.90. The van der Waals surface area contributed by atoms with Crippen molar-refractivity contribution in [2.24, 2.45) is 0 Å². The largest absolute Gasteiger partial charge is 0.467 e. The van der Waals surface area contributed by atoms with Gasteiger partial charge in [-0.25, -0.2) is 0 Å². The average molecular weight is 340 g/mol. The first-order valence-corrected chi connectivity index (χ1v) is 7.05. The van der Waals surface area contributed by atoms with Gasteiger partial charge in [0.25, 0.3) is 5.91 Å². The van der Waals surface area contributed by atoms with E-state index in [9.17, 15) is 22.8 Å². The van der Waals surface area contributed by atoms with Gasteiger partial charge in [0.15, 0.2) is 0 Å². The quantitative estimate of drug-likeness (QED) is 0.879. The smallest absolute Gasteiger partial charge is 0.416 e. The van der Waals surface area contributed by atoms with Gasteiger partial charge in [0.1, 0.15) is 11.8 Å². The van der Waals surface area contributed by atoms with Gasteiger partial charge < -0.3 is 15.1 Å². The number of benzene rings is 1. The molecule has 128 valence electrons. The zero-order valence-corrected chi connectivity index (χ0v) is 12.7. The lowest BCUT2D eigenvalue weighted by Crippen LogP contribution is -2.44. The molecular weight excluding hydrogens is 325 g/mol. The third-order valence-corrected chi connectivity index (χ3v) is 3.23. The van der Waals surface area contributed by atoms with Crippen LogP contribution in [0.15, 0.2) is 47.1 Å². The molecule has 5 nitrogen and oxygen atoms in total. The number of halogens is 3. The van der Waals surface area contributed by atoms with Crippen LogP contribution in [0.3, 0.4) is 0 Å². The molecule has 0 saturated heterocycles. The third-order valence-electron chi connectivity index (χ3n) is 3.23. The topological polar surface area (TPSA) is 71.3 Å². The van der Waals surface area contributed by atoms with Crippen molar-refractivity contribution in [3.63, 3.8) is 0 Å². The van der Waals surface area contributed by atoms with Crippen LogP contribution in [0, 0.1) is 0 Å². The molecule has 2 rings (SSSR count). The minimum absolute atomic E-state index is 0.0358. The van der Waals surface area contributed by atoms with Crippen molar-refractivity contribution in [1.29, 1.82) is 0 Å². The van der Waals surface area contributed by atoms with E-state index in [2.05, 4.69) is 10.6 Å². The van der Waals surface area contributed by atoms with Gasteiger partial charge >= 0.3 is 6.18 Å². The van der Waals surface area contributed by atoms with Crippen molar-refractivity contribution in [2.75, 3.05) is 0 Å². The summed E-state index contributed by atoms with van der Waals surface area (Å²) in [7, 11) is 0. The van der Waals surface area contributed by atoms with Gasteiger partial charge in [0, 0.05) is 5.56 Å². The molecule has 2 amide bonds. The van der Waals surface area contributed by atoms with Gasteiger partial charge in [-0.05, 0) is 43.3 Å². The summed E-state index contributed by atoms with van der Waals surface area (Å²) in [5, 5.41) is 5.00. The molecule has 0 fully saturated rings. The Morgan fingerprint density at radius 1 is 1.17 bits per heavy atom. The summed E-state index contributed by atoms with van der Waals surface area (Å²) < 4.78 is 42.5. The summed E-state index contributed by atoms with van der Waals surface area (Å²) in [6.07, 6.45) is -2.99. The number of nitrogens with one attached hydrogen (secondary N) is 2. The SMILES string of the molecule is C[C@@H](NC(=O)c1ccc(C(F)(F)F)cc1)C(=O)NCc1ccco1. The molecule has 0 saturated carbocycles. The number of hydrogen-bond acceptors (Lipinski definition) is 3. The molecule has 8 heteroatoms. The third kappa shape index (κ3) is 4.61. The zero-order chi connectivity index (χ0) is 17.7. The van der Waals surface area contributed by atoms with E-state index in [1.54, 1.807) is 12.1 Å². The molecule has 0 spiro atoms. The highest BCUT2D eigenvalue weighted by Crippen LogP contribution is 2.29. The average Bonchev–Trinajstić information content (AvgIpc) is 3.05. The van der Waals surface area contributed by atoms with Gasteiger partial charge in [-0.1, -0.05) is 0 Å². The standard InChI is InChI=1S/C16H15F3N2O3/c1-10(14(22)20-9-13-3-2-8-24-13)21-15(23)11-4-6-12(7-5-11)16(17,18)19/h2-8,10H,9H2,1H3,(H,20,22)(H,21,23)/t10-/m1/s1. The minimum atomic E-state index is -4.46. The Morgan fingerprint density at radius 2 is 1.83 bits per heavy atom. The van der Waals surface area contributed by atoms with Crippen LogP contribution in [-0.4, -0.2) is 17.9 Å². The molecule has 24 heavy (non-hydrogen) atoms. The Kier molecular flexibility index (Phi) is 5.28. The second-order valence-electron chi connectivity index (χ2n) is 5.07. The van der Waals surface area contributed by atoms with Crippen LogP contribution < -0.4 is 10.6 Å². The molecule has 0 radical (unpaired) electrons. The highest BCUT2D eigenvalue weighted by Gasteiger charge is 2.30. The molecule has 2 N–H and O–H groups in total. The van der Waals surface area contributed by atoms with E-state index >= 15 is 0 Å². The Balaban J connectivity index is 1.89. The van der Waals surface area contributed by atoms with Crippen molar-refractivity contribution < 1.29 is 27.2 Å². The molecular formula is C16H15F3N2O3. The molecule has 1 aromatic heterocycles. The molecule has 2 aromatic rings. The van der Waals surface area contributed by atoms with Crippen LogP contribution in [0.2, 0.25) is 0 Å². The monoisotopic (exact) mass is 340 g/mol. The molecule has 0 unspecified atom stereocenters. The van der Waals surface area contributed by atoms with Crippen LogP contribution in [0.25, 0.3) is 0 Å². The number of hydrogen-bond donors (Lipinski definition) is 2. The number of amides is 2. The molecule has 0 aliphatic heterocycles. The fraction of sp³-hybridized carbons (Fsp3) is 0.250. The number of alkyl halides is 3. The first-order valence-electron chi connectivity index (χ1n) is 7.05. The van der Waals surface area contributed by atoms with Gasteiger partial charge in [-0.3, -0.25) is 9.59 Å². The molecule has 0 bridgehead atoms. The highest BCUT2D eigenvalue weighted by atomic mass is 19.4. The number of furan rings is 1. The van der Waals surface area contributed by atoms with E-state index < -0.39 is 29.6 Å². The van der Waals surface area contributed by atoms with E-state index in [1.807, 2.05) is 0 Å². The second kappa shape index (κ2) is 7.20. The van der Waals surface area contributed by atoms with Crippen LogP contribution in [0.4, 0.5) is 13.2 Å². The maximum atomic E-state index is 12.5. The summed E-state index contributed by atoms with van der Waals surface area (Å²) in [6, 6.07) is 6.27. The van der Waals surface area contributed by atoms with Crippen molar-refractivity contribution in [3.8, 4) is 0 Å². The van der Waals surface area contributed by atoms with E-state index in [-0.39, 0.29) is 12.1 Å². The minimum Gasteiger partial charge on any atom is -0.467 e. The Labute approximate surface area is 135 Å². The molecule has 1 aromatic carbocycles. The number of rotatable bonds is 5. The highest BCUT2D eigenvalue weighted by molar-refractivity contribution is 5.97. The van der Waals surface area contributed by atoms with Crippen molar-refractivity contribution in [3.05, 3.63) is 59.5 Å². The molecule has 1 heterocycles. The second-order valence-corrected chi connectivity index (χ2v) is 5.07. The predicted molar refractivity (Wildman–Crippen MR) is 78.9 cm³/mol. The maximum Gasteiger partial charge on any atom is 0.416 e. The van der Waals surface area contributed by atoms with Crippen LogP contribution >= 0.6 is 0 Å². The molecule has 0 aliphatic carbocycles. The Hall–Kier alpha value is -2.77. The summed E-state index contributed by atoms with van der Waals surface area (Å²) >= 11 is 0. The van der Waals surface area contributed by atoms with Gasteiger partial charge in [0.05, 0.1) is 18.4 Å². The van der Waals surface area contributed by atoms with Crippen LogP contribution in [0.1, 0.15) is 28.6 Å². The van der Waals surface area contributed by atoms with E-state index in [1.165, 1.54) is 13.2 Å². The van der Waals surface area contributed by atoms with Crippen LogP contribution in [0.5, 0.6) is 0 Å². The van der Waals surface area contributed by atoms with Crippen molar-refractivity contribution >= 4 is 11.8 Å². The van der Waals surface area contributed by atoms with Crippen molar-refractivity contribution in [2.45, 2.75) is 25.7 Å². The van der Waals surface area contributed by atoms with Gasteiger partial charge in [0.2, 0.25) is 5.91 Å². The van der Waals surface area contributed by atoms with E-state index in [0.717, 1.165) is 24.3 Å². The lowest BCUT2D eigenvalue weighted by Gasteiger charge is -2.14. The molecule has 1 atom stereocenters. The number of carbonyl (C=O) groups excluding carboxylic acids is 2. The predicted octanol–water partition coefficient (Wildman–Crippen LogP) is 2.73. The normalized spacial score (nSPS) is 12.5. The van der Waals surface area contributed by atoms with Crippen molar-refractivity contribution in [1.82, 2.24) is 10.6 Å². The first kappa shape index (κ1) is 17.6. The Morgan fingerprint density at radius 3 is 2.38 bits per heavy atom. The summed E-state index contributed by atoms with van der Waals surface area (Å²) in [5.41, 5.74) is -0.808. The fourth-order valence-electron chi connectivity index (χ4n) is 1.90. The molecule has 0 aliphatic rings. The first-order chi connectivity index (χ1) is 11.3. The van der Waals surface area contributed by atoms with Crippen LogP contribution in [-0.2, 0) is 17.5 Å². The van der Waals surface area contributed by atoms with E-state index in [4.69, 9.17) is 4.42 Å². The summed E-state index contributed by atoms with van der Waals surface area (Å²) in [4.78, 5) is 23.8. The summed E-state index contributed by atoms with van der Waals surface area (Å²) in [6.45, 7) is 1.64. The lowest BCUT2D eigenvalue weighted by molar-refractivity contribution is -0.137. The zero-order valence-electron chi connectivity index (χ0n) is 12.7. The van der Waals surface area contributed by atoms with Gasteiger partial charge in [-0.15, -0.1) is 0 Å². The lowest BCUT2D eigenvalue weighted by atomic mass is 10.1. The maximum absolute atomic E-state index is 12.5. The number of carbonyl (C=O) groups is 2. The summed E-state index contributed by atoms with van der Waals surface area (Å²) in [5.74, 6) is -0.513. The Bertz CT molecular complexity index is 694. The van der Waals surface area contributed by atoms with Gasteiger partial charge in [-0.2, -0.15) is 13.2 Å².